The predicted octanol–water partition coefficient (Wildman–Crippen LogP) is 2.42. The Bertz CT molecular complexity index is 954. The molecule has 1 heterocycles. The number of carbonyl (C=O) groups excluding carboxylic acids is 1. The minimum atomic E-state index is -4.52. The fourth-order valence-electron chi connectivity index (χ4n) is 2.50. The van der Waals surface area contributed by atoms with Crippen molar-refractivity contribution in [2.45, 2.75) is 6.18 Å². The number of hydrogen-bond donors (Lipinski definition) is 3. The van der Waals surface area contributed by atoms with Crippen molar-refractivity contribution in [1.29, 1.82) is 0 Å². The number of nitrogens with one attached hydrogen (secondary N) is 1. The Kier molecular flexibility index (Phi) is 4.20. The molecule has 0 saturated carbocycles. The number of nitrogen functional groups attached to an aromatic ring is 1. The first-order chi connectivity index (χ1) is 12.3. The fraction of sp³-hybridized carbons (Fsp3) is 0.0667. The Morgan fingerprint density at radius 2 is 1.96 bits per heavy atom. The van der Waals surface area contributed by atoms with Crippen LogP contribution in [0.1, 0.15) is 5.56 Å². The van der Waals surface area contributed by atoms with E-state index in [1.807, 2.05) is 0 Å². The summed E-state index contributed by atoms with van der Waals surface area (Å²) in [5.41, 5.74) is 11.3. The van der Waals surface area contributed by atoms with Gasteiger partial charge in [0.05, 0.1) is 11.3 Å². The quantitative estimate of drug-likeness (QED) is 0.616. The number of hydrogen-bond acceptors (Lipinski definition) is 5. The van der Waals surface area contributed by atoms with E-state index in [2.05, 4.69) is 20.8 Å². The third-order valence-corrected chi connectivity index (χ3v) is 3.52. The first-order valence-electron chi connectivity index (χ1n) is 7.17. The van der Waals surface area contributed by atoms with Crippen LogP contribution in [0.3, 0.4) is 0 Å². The molecule has 134 valence electrons. The number of anilines is 2. The molecule has 5 N–H and O–H groups in total. The molecular formula is C15H12F3N7O. The molecule has 3 rings (SSSR count). The summed E-state index contributed by atoms with van der Waals surface area (Å²) in [6.07, 6.45) is -3.30. The average Bonchev–Trinajstić information content (AvgIpc) is 3.09. The second-order valence-corrected chi connectivity index (χ2v) is 5.25. The lowest BCUT2D eigenvalue weighted by atomic mass is 9.98. The van der Waals surface area contributed by atoms with Crippen molar-refractivity contribution in [3.8, 4) is 16.8 Å². The van der Waals surface area contributed by atoms with Crippen LogP contribution in [-0.4, -0.2) is 26.2 Å². The van der Waals surface area contributed by atoms with Gasteiger partial charge in [0.1, 0.15) is 12.0 Å². The van der Waals surface area contributed by atoms with Gasteiger partial charge >= 0.3 is 12.2 Å². The van der Waals surface area contributed by atoms with Crippen molar-refractivity contribution in [1.82, 2.24) is 20.2 Å². The first kappa shape index (κ1) is 17.2. The van der Waals surface area contributed by atoms with Gasteiger partial charge in [-0.25, -0.2) is 4.79 Å². The number of aromatic nitrogens is 4. The minimum absolute atomic E-state index is 0.171. The Morgan fingerprint density at radius 1 is 1.19 bits per heavy atom. The Morgan fingerprint density at radius 3 is 2.58 bits per heavy atom. The highest BCUT2D eigenvalue weighted by Crippen LogP contribution is 2.39. The highest BCUT2D eigenvalue weighted by molar-refractivity contribution is 5.96. The van der Waals surface area contributed by atoms with Gasteiger partial charge in [-0.3, -0.25) is 0 Å². The van der Waals surface area contributed by atoms with Crippen molar-refractivity contribution >= 4 is 17.4 Å². The van der Waals surface area contributed by atoms with Crippen LogP contribution in [0.2, 0.25) is 0 Å². The summed E-state index contributed by atoms with van der Waals surface area (Å²) < 4.78 is 40.4. The zero-order valence-electron chi connectivity index (χ0n) is 13.0. The molecule has 26 heavy (non-hydrogen) atoms. The Labute approximate surface area is 144 Å². The highest BCUT2D eigenvalue weighted by atomic mass is 19.4. The lowest BCUT2D eigenvalue weighted by Crippen LogP contribution is -2.21. The topological polar surface area (TPSA) is 125 Å². The van der Waals surface area contributed by atoms with Gasteiger partial charge in [0.15, 0.2) is 0 Å². The van der Waals surface area contributed by atoms with Crippen molar-refractivity contribution in [2.24, 2.45) is 5.73 Å². The summed E-state index contributed by atoms with van der Waals surface area (Å²) in [6, 6.07) is 6.65. The van der Waals surface area contributed by atoms with E-state index in [0.717, 1.165) is 12.1 Å². The number of carbonyl (C=O) groups is 1. The molecule has 0 atom stereocenters. The van der Waals surface area contributed by atoms with Crippen LogP contribution in [0.4, 0.5) is 29.3 Å². The van der Waals surface area contributed by atoms with E-state index in [0.29, 0.717) is 0 Å². The van der Waals surface area contributed by atoms with Crippen LogP contribution in [0.5, 0.6) is 0 Å². The second kappa shape index (κ2) is 6.35. The normalized spacial score (nSPS) is 11.3. The number of benzene rings is 2. The van der Waals surface area contributed by atoms with E-state index >= 15 is 0 Å². The first-order valence-corrected chi connectivity index (χ1v) is 7.17. The molecule has 0 fully saturated rings. The molecular weight excluding hydrogens is 351 g/mol. The van der Waals surface area contributed by atoms with Gasteiger partial charge < -0.3 is 16.8 Å². The third kappa shape index (κ3) is 3.27. The zero-order valence-corrected chi connectivity index (χ0v) is 13.0. The number of nitrogens with two attached hydrogens (primary N) is 2. The molecule has 0 aliphatic carbocycles. The largest absolute Gasteiger partial charge is 0.416 e. The van der Waals surface area contributed by atoms with E-state index in [1.54, 1.807) is 0 Å². The van der Waals surface area contributed by atoms with Crippen LogP contribution in [0, 0.1) is 0 Å². The summed E-state index contributed by atoms with van der Waals surface area (Å²) in [6.45, 7) is 0. The van der Waals surface area contributed by atoms with E-state index in [9.17, 15) is 18.0 Å². The number of tetrazole rings is 1. The van der Waals surface area contributed by atoms with E-state index in [-0.39, 0.29) is 28.2 Å². The van der Waals surface area contributed by atoms with Gasteiger partial charge in [0.2, 0.25) is 0 Å². The Hall–Kier alpha value is -3.63. The van der Waals surface area contributed by atoms with Gasteiger partial charge in [-0.15, -0.1) is 5.10 Å². The smallest absolute Gasteiger partial charge is 0.398 e. The van der Waals surface area contributed by atoms with Crippen molar-refractivity contribution in [3.63, 3.8) is 0 Å². The van der Waals surface area contributed by atoms with Crippen LogP contribution in [0.15, 0.2) is 42.7 Å². The summed E-state index contributed by atoms with van der Waals surface area (Å²) in [5, 5.41) is 13.1. The van der Waals surface area contributed by atoms with Gasteiger partial charge in [-0.2, -0.15) is 17.9 Å². The van der Waals surface area contributed by atoms with Crippen LogP contribution < -0.4 is 16.8 Å². The molecule has 2 aromatic carbocycles. The van der Waals surface area contributed by atoms with Crippen molar-refractivity contribution < 1.29 is 18.0 Å². The van der Waals surface area contributed by atoms with E-state index < -0.39 is 17.8 Å². The number of amides is 2. The number of primary amides is 1. The number of alkyl halides is 3. The van der Waals surface area contributed by atoms with Crippen LogP contribution in [0.25, 0.3) is 16.8 Å². The van der Waals surface area contributed by atoms with Crippen molar-refractivity contribution in [2.75, 3.05) is 11.1 Å². The van der Waals surface area contributed by atoms with Gasteiger partial charge in [0.25, 0.3) is 0 Å². The summed E-state index contributed by atoms with van der Waals surface area (Å²) >= 11 is 0. The molecule has 0 bridgehead atoms. The molecule has 3 aromatic rings. The van der Waals surface area contributed by atoms with Crippen LogP contribution in [-0.2, 0) is 6.18 Å². The highest BCUT2D eigenvalue weighted by Gasteiger charge is 2.31. The lowest BCUT2D eigenvalue weighted by molar-refractivity contribution is -0.137. The summed E-state index contributed by atoms with van der Waals surface area (Å²) in [5.74, 6) is 0. The lowest BCUT2D eigenvalue weighted by Gasteiger charge is -2.17. The summed E-state index contributed by atoms with van der Waals surface area (Å²) in [4.78, 5) is 11.3. The maximum absolute atomic E-state index is 13.1. The fourth-order valence-corrected chi connectivity index (χ4v) is 2.50. The molecule has 0 saturated heterocycles. The van der Waals surface area contributed by atoms with E-state index in [4.69, 9.17) is 11.5 Å². The van der Waals surface area contributed by atoms with E-state index in [1.165, 1.54) is 35.3 Å². The SMILES string of the molecule is NC(=O)Nc1ccc(N)c(-c2cccc(C(F)(F)F)c2)c1-n1cnnn1. The number of urea groups is 1. The van der Waals surface area contributed by atoms with Crippen molar-refractivity contribution in [3.05, 3.63) is 48.3 Å². The molecule has 0 aliphatic heterocycles. The molecule has 1 aromatic heterocycles. The number of halogens is 3. The number of nitrogens with zero attached hydrogens (tertiary/aromatic N) is 4. The monoisotopic (exact) mass is 363 g/mol. The second-order valence-electron chi connectivity index (χ2n) is 5.25. The Balaban J connectivity index is 2.29. The molecule has 0 aliphatic rings. The standard InChI is InChI=1S/C15H12F3N7O/c16-15(17,18)9-3-1-2-8(6-9)12-10(19)4-5-11(22-14(20)26)13(12)25-7-21-23-24-25/h1-7H,19H2,(H3,20,22,26). The minimum Gasteiger partial charge on any atom is -0.398 e. The number of rotatable bonds is 3. The zero-order chi connectivity index (χ0) is 18.9. The van der Waals surface area contributed by atoms with Gasteiger partial charge in [-0.1, -0.05) is 12.1 Å². The molecule has 2 amide bonds. The molecule has 0 radical (unpaired) electrons. The molecule has 0 unspecified atom stereocenters. The third-order valence-electron chi connectivity index (χ3n) is 3.52. The maximum Gasteiger partial charge on any atom is 0.416 e. The predicted molar refractivity (Wildman–Crippen MR) is 87.2 cm³/mol. The van der Waals surface area contributed by atoms with Crippen LogP contribution >= 0.6 is 0 Å². The maximum atomic E-state index is 13.1. The molecule has 11 heteroatoms. The summed E-state index contributed by atoms with van der Waals surface area (Å²) in [7, 11) is 0. The van der Waals surface area contributed by atoms with Gasteiger partial charge in [0, 0.05) is 11.3 Å². The molecule has 0 spiro atoms. The molecule has 8 nitrogen and oxygen atoms in total. The average molecular weight is 363 g/mol. The van der Waals surface area contributed by atoms with Gasteiger partial charge in [-0.05, 0) is 40.3 Å².